The van der Waals surface area contributed by atoms with Gasteiger partial charge >= 0.3 is 0 Å². The van der Waals surface area contributed by atoms with E-state index < -0.39 is 0 Å². The second-order valence-electron chi connectivity index (χ2n) is 7.03. The average Bonchev–Trinajstić information content (AvgIpc) is 3.08. The van der Waals surface area contributed by atoms with Gasteiger partial charge in [0.15, 0.2) is 5.76 Å². The molecule has 1 fully saturated rings. The Hall–Kier alpha value is -1.62. The van der Waals surface area contributed by atoms with Crippen molar-refractivity contribution in [3.05, 3.63) is 35.0 Å². The standard InChI is InChI=1S/C16H24N4O/c1-11-8-14(21-19-11)13-6-5-7-20(13)10-12-9-15(18-17-12)16(2,3)4/h8-9,13H,5-7,10H2,1-4H3,(H,17,18)/t13-/m1/s1. The Labute approximate surface area is 125 Å². The molecule has 21 heavy (non-hydrogen) atoms. The van der Waals surface area contributed by atoms with Crippen molar-refractivity contribution < 1.29 is 4.52 Å². The van der Waals surface area contributed by atoms with Crippen LogP contribution in [-0.4, -0.2) is 26.8 Å². The van der Waals surface area contributed by atoms with E-state index in [2.05, 4.69) is 53.2 Å². The third kappa shape index (κ3) is 3.02. The Bertz CT molecular complexity index is 608. The smallest absolute Gasteiger partial charge is 0.154 e. The molecule has 2 aromatic heterocycles. The van der Waals surface area contributed by atoms with E-state index in [0.29, 0.717) is 6.04 Å². The largest absolute Gasteiger partial charge is 0.359 e. The molecule has 2 aromatic rings. The molecule has 1 aliphatic rings. The van der Waals surface area contributed by atoms with Crippen LogP contribution in [0.25, 0.3) is 0 Å². The van der Waals surface area contributed by atoms with Crippen LogP contribution >= 0.6 is 0 Å². The molecule has 1 N–H and O–H groups in total. The van der Waals surface area contributed by atoms with Gasteiger partial charge < -0.3 is 4.52 Å². The van der Waals surface area contributed by atoms with Crippen molar-refractivity contribution in [1.82, 2.24) is 20.3 Å². The molecule has 0 aromatic carbocycles. The fourth-order valence-corrected chi connectivity index (χ4v) is 2.92. The Morgan fingerprint density at radius 2 is 2.19 bits per heavy atom. The number of nitrogens with zero attached hydrogens (tertiary/aromatic N) is 3. The summed E-state index contributed by atoms with van der Waals surface area (Å²) in [7, 11) is 0. The lowest BCUT2D eigenvalue weighted by Gasteiger charge is -2.21. The number of rotatable bonds is 3. The summed E-state index contributed by atoms with van der Waals surface area (Å²) in [5.41, 5.74) is 3.32. The van der Waals surface area contributed by atoms with E-state index in [4.69, 9.17) is 4.52 Å². The molecule has 0 unspecified atom stereocenters. The monoisotopic (exact) mass is 288 g/mol. The van der Waals surface area contributed by atoms with Crippen molar-refractivity contribution in [1.29, 1.82) is 0 Å². The first-order valence-electron chi connectivity index (χ1n) is 7.65. The zero-order valence-corrected chi connectivity index (χ0v) is 13.3. The van der Waals surface area contributed by atoms with Crippen molar-refractivity contribution in [2.24, 2.45) is 0 Å². The maximum atomic E-state index is 5.46. The van der Waals surface area contributed by atoms with Gasteiger partial charge in [0.25, 0.3) is 0 Å². The highest BCUT2D eigenvalue weighted by atomic mass is 16.5. The summed E-state index contributed by atoms with van der Waals surface area (Å²) in [6.45, 7) is 10.5. The highest BCUT2D eigenvalue weighted by Gasteiger charge is 2.29. The van der Waals surface area contributed by atoms with E-state index in [0.717, 1.165) is 36.7 Å². The zero-order chi connectivity index (χ0) is 15.0. The second-order valence-corrected chi connectivity index (χ2v) is 7.03. The molecule has 0 bridgehead atoms. The summed E-state index contributed by atoms with van der Waals surface area (Å²) in [6, 6.07) is 4.57. The number of hydrogen-bond donors (Lipinski definition) is 1. The fraction of sp³-hybridized carbons (Fsp3) is 0.625. The normalized spacial score (nSPS) is 20.3. The number of nitrogens with one attached hydrogen (secondary N) is 1. The van der Waals surface area contributed by atoms with Crippen molar-refractivity contribution in [2.75, 3.05) is 6.54 Å². The van der Waals surface area contributed by atoms with Crippen LogP contribution in [-0.2, 0) is 12.0 Å². The van der Waals surface area contributed by atoms with E-state index in [9.17, 15) is 0 Å². The van der Waals surface area contributed by atoms with Gasteiger partial charge in [-0.2, -0.15) is 5.10 Å². The molecule has 114 valence electrons. The van der Waals surface area contributed by atoms with Crippen LogP contribution in [0.3, 0.4) is 0 Å². The Morgan fingerprint density at radius 3 is 2.81 bits per heavy atom. The van der Waals surface area contributed by atoms with Gasteiger partial charge in [-0.05, 0) is 32.4 Å². The fourth-order valence-electron chi connectivity index (χ4n) is 2.92. The van der Waals surface area contributed by atoms with Crippen LogP contribution in [0.1, 0.15) is 62.5 Å². The first-order valence-corrected chi connectivity index (χ1v) is 7.65. The number of aromatic amines is 1. The van der Waals surface area contributed by atoms with Crippen LogP contribution in [0, 0.1) is 6.92 Å². The maximum absolute atomic E-state index is 5.46. The lowest BCUT2D eigenvalue weighted by atomic mass is 9.92. The molecule has 5 heteroatoms. The van der Waals surface area contributed by atoms with Crippen LogP contribution in [0.4, 0.5) is 0 Å². The van der Waals surface area contributed by atoms with Gasteiger partial charge in [0.05, 0.1) is 17.4 Å². The van der Waals surface area contributed by atoms with E-state index in [1.807, 2.05) is 6.92 Å². The Kier molecular flexibility index (Phi) is 3.61. The summed E-state index contributed by atoms with van der Waals surface area (Å²) in [4.78, 5) is 2.44. The quantitative estimate of drug-likeness (QED) is 0.941. The highest BCUT2D eigenvalue weighted by Crippen LogP contribution is 2.33. The molecule has 3 heterocycles. The van der Waals surface area contributed by atoms with Gasteiger partial charge in [-0.3, -0.25) is 10.00 Å². The molecule has 1 atom stereocenters. The van der Waals surface area contributed by atoms with Gasteiger partial charge in [0.2, 0.25) is 0 Å². The second kappa shape index (κ2) is 5.30. The van der Waals surface area contributed by atoms with Gasteiger partial charge in [-0.1, -0.05) is 25.9 Å². The lowest BCUT2D eigenvalue weighted by molar-refractivity contribution is 0.204. The summed E-state index contributed by atoms with van der Waals surface area (Å²) in [5, 5.41) is 11.6. The van der Waals surface area contributed by atoms with Gasteiger partial charge in [-0.15, -0.1) is 0 Å². The molecule has 0 spiro atoms. The molecule has 5 nitrogen and oxygen atoms in total. The third-order valence-corrected chi connectivity index (χ3v) is 4.11. The SMILES string of the molecule is Cc1cc([C@H]2CCCN2Cc2cc(C(C)(C)C)n[nH]2)on1. The first kappa shape index (κ1) is 14.3. The predicted octanol–water partition coefficient (Wildman–Crippen LogP) is 3.34. The van der Waals surface area contributed by atoms with Crippen molar-refractivity contribution >= 4 is 0 Å². The molecule has 1 aliphatic heterocycles. The summed E-state index contributed by atoms with van der Waals surface area (Å²) in [5.74, 6) is 0.987. The van der Waals surface area contributed by atoms with E-state index in [1.165, 1.54) is 12.1 Å². The lowest BCUT2D eigenvalue weighted by Crippen LogP contribution is -2.22. The molecule has 0 radical (unpaired) electrons. The maximum Gasteiger partial charge on any atom is 0.154 e. The van der Waals surface area contributed by atoms with Crippen LogP contribution < -0.4 is 0 Å². The summed E-state index contributed by atoms with van der Waals surface area (Å²) in [6.07, 6.45) is 2.33. The number of H-pyrrole nitrogens is 1. The number of aryl methyl sites for hydroxylation is 1. The van der Waals surface area contributed by atoms with Gasteiger partial charge in [-0.25, -0.2) is 0 Å². The van der Waals surface area contributed by atoms with Crippen molar-refractivity contribution in [2.45, 2.75) is 58.5 Å². The predicted molar refractivity (Wildman–Crippen MR) is 80.9 cm³/mol. The topological polar surface area (TPSA) is 58.0 Å². The minimum atomic E-state index is 0.0845. The number of aromatic nitrogens is 3. The Morgan fingerprint density at radius 1 is 1.38 bits per heavy atom. The molecule has 1 saturated heterocycles. The molecule has 0 aliphatic carbocycles. The van der Waals surface area contributed by atoms with Crippen LogP contribution in [0.2, 0.25) is 0 Å². The molecule has 0 amide bonds. The highest BCUT2D eigenvalue weighted by molar-refractivity contribution is 5.17. The van der Waals surface area contributed by atoms with E-state index in [1.54, 1.807) is 0 Å². The van der Waals surface area contributed by atoms with Crippen LogP contribution in [0.5, 0.6) is 0 Å². The third-order valence-electron chi connectivity index (χ3n) is 4.11. The Balaban J connectivity index is 1.73. The number of likely N-dealkylation sites (tertiary alicyclic amines) is 1. The summed E-state index contributed by atoms with van der Waals surface area (Å²) >= 11 is 0. The summed E-state index contributed by atoms with van der Waals surface area (Å²) < 4.78 is 5.46. The van der Waals surface area contributed by atoms with E-state index in [-0.39, 0.29) is 5.41 Å². The zero-order valence-electron chi connectivity index (χ0n) is 13.3. The minimum absolute atomic E-state index is 0.0845. The first-order chi connectivity index (χ1) is 9.93. The average molecular weight is 288 g/mol. The molecule has 3 rings (SSSR count). The molecular formula is C16H24N4O. The molecular weight excluding hydrogens is 264 g/mol. The van der Waals surface area contributed by atoms with Gasteiger partial charge in [0, 0.05) is 23.7 Å². The van der Waals surface area contributed by atoms with Crippen molar-refractivity contribution in [3.63, 3.8) is 0 Å². The van der Waals surface area contributed by atoms with E-state index >= 15 is 0 Å². The molecule has 0 saturated carbocycles. The van der Waals surface area contributed by atoms with Crippen LogP contribution in [0.15, 0.2) is 16.7 Å². The van der Waals surface area contributed by atoms with Crippen molar-refractivity contribution in [3.8, 4) is 0 Å². The van der Waals surface area contributed by atoms with Gasteiger partial charge in [0.1, 0.15) is 0 Å². The minimum Gasteiger partial charge on any atom is -0.359 e. The number of hydrogen-bond acceptors (Lipinski definition) is 4.